The van der Waals surface area contributed by atoms with Crippen LogP contribution < -0.4 is 10.1 Å². The van der Waals surface area contributed by atoms with Crippen molar-refractivity contribution in [1.29, 1.82) is 0 Å². The highest BCUT2D eigenvalue weighted by molar-refractivity contribution is 6.09. The third kappa shape index (κ3) is 3.14. The molecule has 130 valence electrons. The first-order valence-electron chi connectivity index (χ1n) is 8.66. The monoisotopic (exact) mass is 344 g/mol. The molecule has 0 aliphatic heterocycles. The minimum Gasteiger partial charge on any atom is -0.497 e. The molecule has 0 saturated heterocycles. The Balaban J connectivity index is 1.46. The van der Waals surface area contributed by atoms with Crippen molar-refractivity contribution in [3.63, 3.8) is 0 Å². The number of benzene rings is 3. The average molecular weight is 344 g/mol. The van der Waals surface area contributed by atoms with E-state index in [2.05, 4.69) is 28.5 Å². The lowest BCUT2D eigenvalue weighted by Gasteiger charge is -2.05. The van der Waals surface area contributed by atoms with Crippen LogP contribution in [0.25, 0.3) is 21.7 Å². The van der Waals surface area contributed by atoms with E-state index < -0.39 is 0 Å². The number of hydrogen-bond donors (Lipinski definition) is 2. The van der Waals surface area contributed by atoms with Gasteiger partial charge in [-0.2, -0.15) is 0 Å². The van der Waals surface area contributed by atoms with E-state index in [1.807, 2.05) is 48.5 Å². The van der Waals surface area contributed by atoms with E-state index in [1.54, 1.807) is 7.11 Å². The van der Waals surface area contributed by atoms with Crippen LogP contribution in [-0.2, 0) is 6.42 Å². The molecular weight excluding hydrogens is 324 g/mol. The minimum atomic E-state index is -0.0845. The van der Waals surface area contributed by atoms with Crippen molar-refractivity contribution in [2.24, 2.45) is 0 Å². The lowest BCUT2D eigenvalue weighted by molar-refractivity contribution is 0.0950. The molecule has 1 aromatic heterocycles. The molecule has 0 fully saturated rings. The summed E-state index contributed by atoms with van der Waals surface area (Å²) in [4.78, 5) is 15.7. The Morgan fingerprint density at radius 3 is 2.62 bits per heavy atom. The van der Waals surface area contributed by atoms with Gasteiger partial charge in [0.15, 0.2) is 0 Å². The third-order valence-electron chi connectivity index (χ3n) is 4.63. The molecule has 0 radical (unpaired) electrons. The van der Waals surface area contributed by atoms with Crippen LogP contribution in [0.15, 0.2) is 66.7 Å². The van der Waals surface area contributed by atoms with Gasteiger partial charge in [-0.1, -0.05) is 42.5 Å². The first kappa shape index (κ1) is 16.2. The molecule has 1 heterocycles. The van der Waals surface area contributed by atoms with Gasteiger partial charge in [0, 0.05) is 17.4 Å². The van der Waals surface area contributed by atoms with Crippen LogP contribution in [-0.4, -0.2) is 24.5 Å². The second-order valence-corrected chi connectivity index (χ2v) is 6.28. The second-order valence-electron chi connectivity index (χ2n) is 6.28. The minimum absolute atomic E-state index is 0.0845. The number of fused-ring (bicyclic) bond motifs is 3. The summed E-state index contributed by atoms with van der Waals surface area (Å²) in [5.74, 6) is 0.752. The summed E-state index contributed by atoms with van der Waals surface area (Å²) in [5, 5.41) is 6.38. The quantitative estimate of drug-likeness (QED) is 0.567. The fourth-order valence-corrected chi connectivity index (χ4v) is 3.22. The third-order valence-corrected chi connectivity index (χ3v) is 4.63. The van der Waals surface area contributed by atoms with Gasteiger partial charge in [-0.3, -0.25) is 4.79 Å². The molecule has 3 aromatic carbocycles. The molecule has 4 aromatic rings. The van der Waals surface area contributed by atoms with Gasteiger partial charge in [-0.25, -0.2) is 0 Å². The van der Waals surface area contributed by atoms with Gasteiger partial charge in [0.2, 0.25) is 0 Å². The maximum Gasteiger partial charge on any atom is 0.267 e. The fraction of sp³-hybridized carbons (Fsp3) is 0.136. The topological polar surface area (TPSA) is 54.1 Å². The van der Waals surface area contributed by atoms with Crippen LogP contribution in [0.2, 0.25) is 0 Å². The zero-order chi connectivity index (χ0) is 17.9. The van der Waals surface area contributed by atoms with E-state index in [9.17, 15) is 4.79 Å². The van der Waals surface area contributed by atoms with Gasteiger partial charge >= 0.3 is 0 Å². The number of H-pyrrole nitrogens is 1. The smallest absolute Gasteiger partial charge is 0.267 e. The Labute approximate surface area is 151 Å². The molecule has 0 atom stereocenters. The van der Waals surface area contributed by atoms with Crippen LogP contribution in [0.1, 0.15) is 16.1 Å². The number of ether oxygens (including phenoxy) is 1. The molecule has 4 rings (SSSR count). The number of hydrogen-bond acceptors (Lipinski definition) is 2. The van der Waals surface area contributed by atoms with Crippen LogP contribution in [0.5, 0.6) is 5.75 Å². The van der Waals surface area contributed by atoms with Crippen molar-refractivity contribution in [3.8, 4) is 5.75 Å². The Hall–Kier alpha value is -3.27. The standard InChI is InChI=1S/C22H20N2O2/c1-26-17-9-6-15(7-10-17)12-13-23-22(25)21-14-19-18-5-3-2-4-16(18)8-11-20(19)24-21/h2-11,14,24H,12-13H2,1H3,(H,23,25). The number of rotatable bonds is 5. The summed E-state index contributed by atoms with van der Waals surface area (Å²) in [5.41, 5.74) is 2.73. The second kappa shape index (κ2) is 6.92. The van der Waals surface area contributed by atoms with Crippen LogP contribution >= 0.6 is 0 Å². The molecule has 0 aliphatic carbocycles. The van der Waals surface area contributed by atoms with Gasteiger partial charge in [0.25, 0.3) is 5.91 Å². The average Bonchev–Trinajstić information content (AvgIpc) is 3.13. The van der Waals surface area contributed by atoms with Crippen molar-refractivity contribution in [3.05, 3.63) is 78.0 Å². The molecule has 26 heavy (non-hydrogen) atoms. The lowest BCUT2D eigenvalue weighted by atomic mass is 10.1. The van der Waals surface area contributed by atoms with Crippen molar-refractivity contribution in [2.75, 3.05) is 13.7 Å². The molecule has 0 bridgehead atoms. The zero-order valence-electron chi connectivity index (χ0n) is 14.6. The summed E-state index contributed by atoms with van der Waals surface area (Å²) in [6, 6.07) is 22.1. The van der Waals surface area contributed by atoms with Gasteiger partial charge in [-0.05, 0) is 47.0 Å². The Bertz CT molecular complexity index is 1060. The predicted molar refractivity (Wildman–Crippen MR) is 105 cm³/mol. The number of amides is 1. The van der Waals surface area contributed by atoms with Gasteiger partial charge in [0.05, 0.1) is 7.11 Å². The number of nitrogens with one attached hydrogen (secondary N) is 2. The normalized spacial score (nSPS) is 11.0. The number of aromatic amines is 1. The van der Waals surface area contributed by atoms with E-state index in [1.165, 1.54) is 5.39 Å². The van der Waals surface area contributed by atoms with Crippen LogP contribution in [0.4, 0.5) is 0 Å². The Morgan fingerprint density at radius 2 is 1.81 bits per heavy atom. The van der Waals surface area contributed by atoms with Crippen LogP contribution in [0.3, 0.4) is 0 Å². The highest BCUT2D eigenvalue weighted by Gasteiger charge is 2.10. The maximum atomic E-state index is 12.5. The number of carbonyl (C=O) groups is 1. The molecule has 2 N–H and O–H groups in total. The van der Waals surface area contributed by atoms with E-state index in [-0.39, 0.29) is 5.91 Å². The molecule has 0 unspecified atom stereocenters. The SMILES string of the molecule is COc1ccc(CCNC(=O)c2cc3c(ccc4ccccc43)[nH]2)cc1. The first-order valence-corrected chi connectivity index (χ1v) is 8.66. The molecule has 0 spiro atoms. The summed E-state index contributed by atoms with van der Waals surface area (Å²) < 4.78 is 5.16. The Morgan fingerprint density at radius 1 is 1.00 bits per heavy atom. The van der Waals surface area contributed by atoms with Gasteiger partial charge < -0.3 is 15.0 Å². The lowest BCUT2D eigenvalue weighted by Crippen LogP contribution is -2.25. The van der Waals surface area contributed by atoms with E-state index in [0.717, 1.165) is 34.0 Å². The number of carbonyl (C=O) groups excluding carboxylic acids is 1. The highest BCUT2D eigenvalue weighted by Crippen LogP contribution is 2.25. The van der Waals surface area contributed by atoms with Crippen molar-refractivity contribution >= 4 is 27.6 Å². The summed E-state index contributed by atoms with van der Waals surface area (Å²) in [7, 11) is 1.65. The molecule has 0 aliphatic rings. The van der Waals surface area contributed by atoms with Crippen molar-refractivity contribution in [2.45, 2.75) is 6.42 Å². The van der Waals surface area contributed by atoms with Crippen molar-refractivity contribution < 1.29 is 9.53 Å². The van der Waals surface area contributed by atoms with E-state index in [4.69, 9.17) is 4.74 Å². The largest absolute Gasteiger partial charge is 0.497 e. The fourth-order valence-electron chi connectivity index (χ4n) is 3.22. The summed E-state index contributed by atoms with van der Waals surface area (Å²) >= 11 is 0. The molecule has 4 nitrogen and oxygen atoms in total. The maximum absolute atomic E-state index is 12.5. The van der Waals surface area contributed by atoms with E-state index >= 15 is 0 Å². The van der Waals surface area contributed by atoms with Crippen molar-refractivity contribution in [1.82, 2.24) is 10.3 Å². The number of aromatic nitrogens is 1. The van der Waals surface area contributed by atoms with E-state index in [0.29, 0.717) is 12.2 Å². The molecule has 4 heteroatoms. The summed E-state index contributed by atoms with van der Waals surface area (Å²) in [6.45, 7) is 0.585. The molecule has 0 saturated carbocycles. The molecule has 1 amide bonds. The zero-order valence-corrected chi connectivity index (χ0v) is 14.6. The van der Waals surface area contributed by atoms with Crippen LogP contribution in [0, 0.1) is 0 Å². The molecular formula is C22H20N2O2. The summed E-state index contributed by atoms with van der Waals surface area (Å²) in [6.07, 6.45) is 0.777. The highest BCUT2D eigenvalue weighted by atomic mass is 16.5. The van der Waals surface area contributed by atoms with Gasteiger partial charge in [-0.15, -0.1) is 0 Å². The van der Waals surface area contributed by atoms with Gasteiger partial charge in [0.1, 0.15) is 11.4 Å². The number of methoxy groups -OCH3 is 1. The first-order chi connectivity index (χ1) is 12.7. The Kier molecular flexibility index (Phi) is 4.32. The predicted octanol–water partition coefficient (Wildman–Crippen LogP) is 4.30.